The monoisotopic (exact) mass is 227 g/mol. The first kappa shape index (κ1) is 9.79. The van der Waals surface area contributed by atoms with Gasteiger partial charge in [0.05, 0.1) is 16.3 Å². The molecule has 2 N–H and O–H groups in total. The van der Waals surface area contributed by atoms with E-state index >= 15 is 0 Å². The molecule has 1 heterocycles. The lowest BCUT2D eigenvalue weighted by Crippen LogP contribution is -2.25. The zero-order valence-corrected chi connectivity index (χ0v) is 8.17. The van der Waals surface area contributed by atoms with Gasteiger partial charge >= 0.3 is 5.97 Å². The molecular weight excluding hydrogens is 222 g/mol. The molecule has 1 aromatic rings. The number of carboxylic acid groups (broad SMARTS) is 1. The van der Waals surface area contributed by atoms with Crippen LogP contribution in [0.15, 0.2) is 12.1 Å². The van der Waals surface area contributed by atoms with Gasteiger partial charge in [-0.15, -0.1) is 0 Å². The lowest BCUT2D eigenvalue weighted by Gasteiger charge is -2.18. The molecule has 78 valence electrons. The molecular formula is C9H6ClNO4. The molecule has 5 nitrogen and oxygen atoms in total. The summed E-state index contributed by atoms with van der Waals surface area (Å²) in [5.41, 5.74) is 0.341. The van der Waals surface area contributed by atoms with Crippen LogP contribution in [0.25, 0.3) is 0 Å². The van der Waals surface area contributed by atoms with Crippen molar-refractivity contribution in [3.63, 3.8) is 0 Å². The topological polar surface area (TPSA) is 75.6 Å². The average Bonchev–Trinajstić information content (AvgIpc) is 2.15. The first-order valence-electron chi connectivity index (χ1n) is 4.07. The smallest absolute Gasteiger partial charge is 0.337 e. The Bertz CT molecular complexity index is 458. The average molecular weight is 228 g/mol. The van der Waals surface area contributed by atoms with E-state index in [-0.39, 0.29) is 23.1 Å². The van der Waals surface area contributed by atoms with E-state index in [1.54, 1.807) is 0 Å². The molecule has 0 atom stereocenters. The SMILES string of the molecule is O=C1COc2cc(C(=O)O)c(Cl)cc2N1. The minimum atomic E-state index is -1.14. The van der Waals surface area contributed by atoms with Crippen molar-refractivity contribution < 1.29 is 19.4 Å². The van der Waals surface area contributed by atoms with Crippen molar-refractivity contribution >= 4 is 29.2 Å². The normalized spacial score (nSPS) is 13.8. The highest BCUT2D eigenvalue weighted by atomic mass is 35.5. The summed E-state index contributed by atoms with van der Waals surface area (Å²) in [5, 5.41) is 11.4. The Labute approximate surface area is 89.6 Å². The largest absolute Gasteiger partial charge is 0.482 e. The minimum Gasteiger partial charge on any atom is -0.482 e. The van der Waals surface area contributed by atoms with Crippen molar-refractivity contribution in [2.24, 2.45) is 0 Å². The van der Waals surface area contributed by atoms with E-state index in [9.17, 15) is 9.59 Å². The van der Waals surface area contributed by atoms with Crippen LogP contribution in [0.3, 0.4) is 0 Å². The second kappa shape index (κ2) is 3.43. The fourth-order valence-corrected chi connectivity index (χ4v) is 1.51. The van der Waals surface area contributed by atoms with E-state index in [0.717, 1.165) is 0 Å². The third-order valence-electron chi connectivity index (χ3n) is 1.93. The van der Waals surface area contributed by atoms with Crippen molar-refractivity contribution in [3.8, 4) is 5.75 Å². The van der Waals surface area contributed by atoms with Gasteiger partial charge < -0.3 is 15.2 Å². The van der Waals surface area contributed by atoms with Crippen molar-refractivity contribution in [3.05, 3.63) is 22.7 Å². The molecule has 1 amide bonds. The molecule has 1 aromatic carbocycles. The third kappa shape index (κ3) is 1.73. The van der Waals surface area contributed by atoms with Crippen LogP contribution < -0.4 is 10.1 Å². The number of benzene rings is 1. The summed E-state index contributed by atoms with van der Waals surface area (Å²) >= 11 is 5.72. The molecule has 15 heavy (non-hydrogen) atoms. The Morgan fingerprint density at radius 3 is 2.93 bits per heavy atom. The van der Waals surface area contributed by atoms with E-state index in [4.69, 9.17) is 21.4 Å². The maximum absolute atomic E-state index is 11.0. The number of aromatic carboxylic acids is 1. The Kier molecular flexibility index (Phi) is 2.24. The highest BCUT2D eigenvalue weighted by Crippen LogP contribution is 2.33. The first-order valence-corrected chi connectivity index (χ1v) is 4.45. The third-order valence-corrected chi connectivity index (χ3v) is 2.25. The van der Waals surface area contributed by atoms with Crippen LogP contribution in [-0.2, 0) is 4.79 Å². The number of hydrogen-bond acceptors (Lipinski definition) is 3. The van der Waals surface area contributed by atoms with Crippen LogP contribution in [0.4, 0.5) is 5.69 Å². The molecule has 0 bridgehead atoms. The van der Waals surface area contributed by atoms with Gasteiger partial charge in [-0.3, -0.25) is 4.79 Å². The van der Waals surface area contributed by atoms with Gasteiger partial charge in [-0.1, -0.05) is 11.6 Å². The predicted molar refractivity (Wildman–Crippen MR) is 52.5 cm³/mol. The maximum Gasteiger partial charge on any atom is 0.337 e. The Hall–Kier alpha value is -1.75. The Morgan fingerprint density at radius 2 is 2.27 bits per heavy atom. The fourth-order valence-electron chi connectivity index (χ4n) is 1.26. The van der Waals surface area contributed by atoms with Crippen LogP contribution >= 0.6 is 11.6 Å². The number of hydrogen-bond donors (Lipinski definition) is 2. The van der Waals surface area contributed by atoms with Gasteiger partial charge in [-0.25, -0.2) is 4.79 Å². The number of carboxylic acids is 1. The summed E-state index contributed by atoms with van der Waals surface area (Å²) in [5.74, 6) is -1.11. The van der Waals surface area contributed by atoms with Crippen molar-refractivity contribution in [1.82, 2.24) is 0 Å². The number of rotatable bonds is 1. The van der Waals surface area contributed by atoms with Gasteiger partial charge in [-0.2, -0.15) is 0 Å². The Morgan fingerprint density at radius 1 is 1.53 bits per heavy atom. The van der Waals surface area contributed by atoms with Crippen LogP contribution in [0.1, 0.15) is 10.4 Å². The van der Waals surface area contributed by atoms with Gasteiger partial charge in [0.2, 0.25) is 0 Å². The minimum absolute atomic E-state index is 0.0495. The van der Waals surface area contributed by atoms with Crippen molar-refractivity contribution in [2.75, 3.05) is 11.9 Å². The maximum atomic E-state index is 11.0. The van der Waals surface area contributed by atoms with Gasteiger partial charge in [-0.05, 0) is 12.1 Å². The van der Waals surface area contributed by atoms with Crippen molar-refractivity contribution in [1.29, 1.82) is 0 Å². The summed E-state index contributed by atoms with van der Waals surface area (Å²) in [7, 11) is 0. The molecule has 1 aliphatic heterocycles. The molecule has 0 radical (unpaired) electrons. The molecule has 0 aromatic heterocycles. The molecule has 0 saturated carbocycles. The molecule has 1 aliphatic rings. The number of halogens is 1. The van der Waals surface area contributed by atoms with E-state index in [2.05, 4.69) is 5.32 Å². The summed E-state index contributed by atoms with van der Waals surface area (Å²) in [6.45, 7) is -0.117. The second-order valence-corrected chi connectivity index (χ2v) is 3.38. The highest BCUT2D eigenvalue weighted by molar-refractivity contribution is 6.34. The van der Waals surface area contributed by atoms with E-state index < -0.39 is 5.97 Å². The number of fused-ring (bicyclic) bond motifs is 1. The van der Waals surface area contributed by atoms with E-state index in [1.807, 2.05) is 0 Å². The Balaban J connectivity index is 2.50. The number of anilines is 1. The summed E-state index contributed by atoms with van der Waals surface area (Å²) in [4.78, 5) is 21.7. The summed E-state index contributed by atoms with van der Waals surface area (Å²) in [6.07, 6.45) is 0. The molecule has 0 saturated heterocycles. The van der Waals surface area contributed by atoms with Gasteiger partial charge in [0, 0.05) is 0 Å². The molecule has 0 fully saturated rings. The lowest BCUT2D eigenvalue weighted by atomic mass is 10.1. The number of carbonyl (C=O) groups is 2. The lowest BCUT2D eigenvalue weighted by molar-refractivity contribution is -0.118. The molecule has 0 unspecified atom stereocenters. The van der Waals surface area contributed by atoms with Gasteiger partial charge in [0.15, 0.2) is 6.61 Å². The molecule has 0 spiro atoms. The van der Waals surface area contributed by atoms with Crippen LogP contribution in [-0.4, -0.2) is 23.6 Å². The number of nitrogens with one attached hydrogen (secondary N) is 1. The first-order chi connectivity index (χ1) is 7.08. The molecule has 2 rings (SSSR count). The predicted octanol–water partition coefficient (Wildman–Crippen LogP) is 1.37. The van der Waals surface area contributed by atoms with E-state index in [0.29, 0.717) is 11.4 Å². The summed E-state index contributed by atoms with van der Waals surface area (Å²) < 4.78 is 5.05. The standard InChI is InChI=1S/C9H6ClNO4/c10-5-2-6-7(1-4(5)9(13)14)15-3-8(12)11-6/h1-2H,3H2,(H,11,12)(H,13,14). The van der Waals surface area contributed by atoms with Crippen molar-refractivity contribution in [2.45, 2.75) is 0 Å². The molecule has 0 aliphatic carbocycles. The van der Waals surface area contributed by atoms with Crippen LogP contribution in [0.2, 0.25) is 5.02 Å². The summed E-state index contributed by atoms with van der Waals surface area (Å²) in [6, 6.07) is 2.65. The quantitative estimate of drug-likeness (QED) is 0.760. The fraction of sp³-hybridized carbons (Fsp3) is 0.111. The number of amides is 1. The van der Waals surface area contributed by atoms with Gasteiger partial charge in [0.25, 0.3) is 5.91 Å². The highest BCUT2D eigenvalue weighted by Gasteiger charge is 2.20. The molecule has 6 heteroatoms. The number of carbonyl (C=O) groups excluding carboxylic acids is 1. The van der Waals surface area contributed by atoms with Crippen LogP contribution in [0.5, 0.6) is 5.75 Å². The van der Waals surface area contributed by atoms with Gasteiger partial charge in [0.1, 0.15) is 5.75 Å². The van der Waals surface area contributed by atoms with E-state index in [1.165, 1.54) is 12.1 Å². The zero-order chi connectivity index (χ0) is 11.0. The number of ether oxygens (including phenoxy) is 1. The van der Waals surface area contributed by atoms with Crippen LogP contribution in [0, 0.1) is 0 Å². The zero-order valence-electron chi connectivity index (χ0n) is 7.41. The second-order valence-electron chi connectivity index (χ2n) is 2.97.